The van der Waals surface area contributed by atoms with Crippen LogP contribution in [-0.2, 0) is 21.2 Å². The van der Waals surface area contributed by atoms with E-state index in [9.17, 15) is 13.2 Å². The predicted molar refractivity (Wildman–Crippen MR) is 72.6 cm³/mol. The van der Waals surface area contributed by atoms with E-state index in [1.807, 2.05) is 0 Å². The summed E-state index contributed by atoms with van der Waals surface area (Å²) in [5, 5.41) is 18.6. The van der Waals surface area contributed by atoms with E-state index in [1.165, 1.54) is 12.1 Å². The minimum atomic E-state index is -3.69. The van der Waals surface area contributed by atoms with E-state index in [-0.39, 0.29) is 23.1 Å². The summed E-state index contributed by atoms with van der Waals surface area (Å²) < 4.78 is 22.1. The maximum Gasteiger partial charge on any atom is 0.238 e. The normalized spacial score (nSPS) is 12.2. The molecule has 0 saturated heterocycles. The molecule has 0 heterocycles. The lowest BCUT2D eigenvalue weighted by atomic mass is 10.1. The topological polar surface area (TPSA) is 148 Å². The molecular weight excluding hydrogens is 284 g/mol. The third-order valence-electron chi connectivity index (χ3n) is 2.46. The van der Waals surface area contributed by atoms with Gasteiger partial charge < -0.3 is 16.3 Å². The molecule has 0 unspecified atom stereocenters. The Morgan fingerprint density at radius 3 is 2.40 bits per heavy atom. The van der Waals surface area contributed by atoms with Gasteiger partial charge >= 0.3 is 0 Å². The third kappa shape index (κ3) is 5.24. The van der Waals surface area contributed by atoms with Crippen molar-refractivity contribution in [1.82, 2.24) is 5.32 Å². The molecule has 1 aromatic carbocycles. The Balaban J connectivity index is 2.45. The number of nitrogens with two attached hydrogens (primary N) is 2. The fourth-order valence-corrected chi connectivity index (χ4v) is 1.97. The van der Waals surface area contributed by atoms with Gasteiger partial charge in [0, 0.05) is 6.54 Å². The van der Waals surface area contributed by atoms with Crippen molar-refractivity contribution in [2.75, 3.05) is 6.54 Å². The van der Waals surface area contributed by atoms with Crippen LogP contribution >= 0.6 is 0 Å². The molecule has 0 saturated carbocycles. The monoisotopic (exact) mass is 300 g/mol. The smallest absolute Gasteiger partial charge is 0.238 e. The number of sulfonamides is 1. The molecule has 0 radical (unpaired) electrons. The molecule has 0 aliphatic heterocycles. The molecule has 0 aromatic heterocycles. The van der Waals surface area contributed by atoms with E-state index in [0.717, 1.165) is 5.56 Å². The van der Waals surface area contributed by atoms with Gasteiger partial charge in [0.1, 0.15) is 5.84 Å². The summed E-state index contributed by atoms with van der Waals surface area (Å²) in [6.07, 6.45) is 0.341. The molecule has 0 fully saturated rings. The Morgan fingerprint density at radius 1 is 1.30 bits per heavy atom. The molecule has 0 spiro atoms. The van der Waals surface area contributed by atoms with Crippen LogP contribution in [0.25, 0.3) is 0 Å². The highest BCUT2D eigenvalue weighted by Gasteiger charge is 2.07. The zero-order valence-corrected chi connectivity index (χ0v) is 11.4. The number of primary sulfonamides is 1. The Morgan fingerprint density at radius 2 is 1.90 bits per heavy atom. The Hall–Kier alpha value is -2.13. The first-order valence-electron chi connectivity index (χ1n) is 5.68. The van der Waals surface area contributed by atoms with Crippen molar-refractivity contribution in [1.29, 1.82) is 0 Å². The van der Waals surface area contributed by atoms with Gasteiger partial charge in [-0.15, -0.1) is 0 Å². The molecule has 0 aliphatic carbocycles. The van der Waals surface area contributed by atoms with Crippen molar-refractivity contribution < 1.29 is 18.4 Å². The van der Waals surface area contributed by atoms with Crippen LogP contribution in [0.2, 0.25) is 0 Å². The van der Waals surface area contributed by atoms with E-state index < -0.39 is 10.0 Å². The number of nitrogens with zero attached hydrogens (tertiary/aromatic N) is 1. The molecule has 1 rings (SSSR count). The molecule has 1 amide bonds. The van der Waals surface area contributed by atoms with Crippen LogP contribution in [-0.4, -0.2) is 31.9 Å². The first-order chi connectivity index (χ1) is 9.32. The zero-order chi connectivity index (χ0) is 15.2. The number of amides is 1. The SMILES string of the molecule is NC(CC(=O)NCCc1ccc(S(N)(=O)=O)cc1)=NO. The van der Waals surface area contributed by atoms with E-state index >= 15 is 0 Å². The average molecular weight is 300 g/mol. The highest BCUT2D eigenvalue weighted by atomic mass is 32.2. The maximum absolute atomic E-state index is 11.3. The number of benzene rings is 1. The van der Waals surface area contributed by atoms with Crippen LogP contribution < -0.4 is 16.2 Å². The molecule has 0 aliphatic rings. The van der Waals surface area contributed by atoms with Crippen molar-refractivity contribution >= 4 is 21.8 Å². The van der Waals surface area contributed by atoms with Gasteiger partial charge in [-0.3, -0.25) is 4.79 Å². The van der Waals surface area contributed by atoms with Crippen LogP contribution in [0.3, 0.4) is 0 Å². The molecule has 8 nitrogen and oxygen atoms in total. The average Bonchev–Trinajstić information content (AvgIpc) is 2.38. The first kappa shape index (κ1) is 15.9. The molecule has 0 bridgehead atoms. The quantitative estimate of drug-likeness (QED) is 0.233. The summed E-state index contributed by atoms with van der Waals surface area (Å²) >= 11 is 0. The second-order valence-corrected chi connectivity index (χ2v) is 5.62. The molecular formula is C11H16N4O4S. The number of hydrogen-bond donors (Lipinski definition) is 4. The number of amidine groups is 1. The Kier molecular flexibility index (Phi) is 5.47. The summed E-state index contributed by atoms with van der Waals surface area (Å²) in [6.45, 7) is 0.353. The molecule has 110 valence electrons. The van der Waals surface area contributed by atoms with Gasteiger partial charge in [0.15, 0.2) is 0 Å². The van der Waals surface area contributed by atoms with Gasteiger partial charge in [-0.05, 0) is 24.1 Å². The van der Waals surface area contributed by atoms with Gasteiger partial charge in [-0.1, -0.05) is 17.3 Å². The second kappa shape index (κ2) is 6.87. The number of carbonyl (C=O) groups is 1. The van der Waals surface area contributed by atoms with E-state index in [4.69, 9.17) is 16.1 Å². The van der Waals surface area contributed by atoms with Gasteiger partial charge in [0.25, 0.3) is 0 Å². The summed E-state index contributed by atoms with van der Waals surface area (Å²) in [6, 6.07) is 6.05. The molecule has 0 atom stereocenters. The fourth-order valence-electron chi connectivity index (χ4n) is 1.45. The first-order valence-corrected chi connectivity index (χ1v) is 7.22. The van der Waals surface area contributed by atoms with Crippen LogP contribution in [0, 0.1) is 0 Å². The van der Waals surface area contributed by atoms with Crippen LogP contribution in [0.4, 0.5) is 0 Å². The second-order valence-electron chi connectivity index (χ2n) is 4.06. The van der Waals surface area contributed by atoms with Gasteiger partial charge in [-0.2, -0.15) is 0 Å². The fraction of sp³-hybridized carbons (Fsp3) is 0.273. The van der Waals surface area contributed by atoms with Crippen molar-refractivity contribution in [2.45, 2.75) is 17.7 Å². The third-order valence-corrected chi connectivity index (χ3v) is 3.39. The standard InChI is InChI=1S/C11H16N4O4S/c12-10(15-17)7-11(16)14-6-5-8-1-3-9(4-2-8)20(13,18)19/h1-4,17H,5-7H2,(H2,12,15)(H,14,16)(H2,13,18,19). The minimum absolute atomic E-state index is 0.0391. The van der Waals surface area contributed by atoms with Crippen molar-refractivity contribution in [3.05, 3.63) is 29.8 Å². The summed E-state index contributed by atoms with van der Waals surface area (Å²) in [5.74, 6) is -0.526. The van der Waals surface area contributed by atoms with E-state index in [2.05, 4.69) is 10.5 Å². The summed E-state index contributed by atoms with van der Waals surface area (Å²) in [4.78, 5) is 11.3. The maximum atomic E-state index is 11.3. The number of rotatable bonds is 6. The van der Waals surface area contributed by atoms with E-state index in [0.29, 0.717) is 13.0 Å². The lowest BCUT2D eigenvalue weighted by Gasteiger charge is -2.05. The number of oxime groups is 1. The van der Waals surface area contributed by atoms with Crippen LogP contribution in [0.15, 0.2) is 34.3 Å². The van der Waals surface area contributed by atoms with Gasteiger partial charge in [-0.25, -0.2) is 13.6 Å². The molecule has 1 aromatic rings. The van der Waals surface area contributed by atoms with Crippen LogP contribution in [0.1, 0.15) is 12.0 Å². The molecule has 20 heavy (non-hydrogen) atoms. The minimum Gasteiger partial charge on any atom is -0.409 e. The van der Waals surface area contributed by atoms with Crippen molar-refractivity contribution in [2.24, 2.45) is 16.0 Å². The van der Waals surface area contributed by atoms with Gasteiger partial charge in [0.2, 0.25) is 15.9 Å². The van der Waals surface area contributed by atoms with E-state index in [1.54, 1.807) is 12.1 Å². The highest BCUT2D eigenvalue weighted by Crippen LogP contribution is 2.08. The Bertz CT molecular complexity index is 595. The van der Waals surface area contributed by atoms with Crippen LogP contribution in [0.5, 0.6) is 0 Å². The summed E-state index contributed by atoms with van der Waals surface area (Å²) in [5.41, 5.74) is 6.03. The lowest BCUT2D eigenvalue weighted by Crippen LogP contribution is -2.30. The number of hydrogen-bond acceptors (Lipinski definition) is 5. The number of carbonyl (C=O) groups excluding carboxylic acids is 1. The summed E-state index contributed by atoms with van der Waals surface area (Å²) in [7, 11) is -3.69. The van der Waals surface area contributed by atoms with Crippen molar-refractivity contribution in [3.8, 4) is 0 Å². The number of nitrogens with one attached hydrogen (secondary N) is 1. The largest absolute Gasteiger partial charge is 0.409 e. The highest BCUT2D eigenvalue weighted by molar-refractivity contribution is 7.89. The molecule has 9 heteroatoms. The zero-order valence-electron chi connectivity index (χ0n) is 10.6. The van der Waals surface area contributed by atoms with Gasteiger partial charge in [0.05, 0.1) is 11.3 Å². The Labute approximate surface area is 116 Å². The predicted octanol–water partition coefficient (Wildman–Crippen LogP) is -0.871. The lowest BCUT2D eigenvalue weighted by molar-refractivity contribution is -0.119. The van der Waals surface area contributed by atoms with Crippen molar-refractivity contribution in [3.63, 3.8) is 0 Å². The molecule has 6 N–H and O–H groups in total.